The minimum atomic E-state index is -0.477. The Morgan fingerprint density at radius 3 is 2.57 bits per heavy atom. The fourth-order valence-electron chi connectivity index (χ4n) is 1.83. The molecular weight excluding hydrogens is 339 g/mol. The predicted molar refractivity (Wildman–Crippen MR) is 91.4 cm³/mol. The number of nitrogens with zero attached hydrogens (tertiary/aromatic N) is 1. The van der Waals surface area contributed by atoms with Gasteiger partial charge in [-0.2, -0.15) is 0 Å². The number of nitro benzene ring substituents is 1. The molecule has 0 amide bonds. The Bertz CT molecular complexity index is 804. The molecule has 0 radical (unpaired) electrons. The third-order valence-corrected chi connectivity index (χ3v) is 3.85. The molecule has 0 aliphatic heterocycles. The van der Waals surface area contributed by atoms with E-state index in [1.165, 1.54) is 30.5 Å². The second-order valence-electron chi connectivity index (χ2n) is 4.73. The lowest BCUT2D eigenvalue weighted by Crippen LogP contribution is -1.98. The average molecular weight is 351 g/mol. The van der Waals surface area contributed by atoms with E-state index in [9.17, 15) is 14.9 Å². The van der Waals surface area contributed by atoms with Crippen LogP contribution in [-0.2, 0) is 0 Å². The predicted octanol–water partition coefficient (Wildman–Crippen LogP) is 5.02. The lowest BCUT2D eigenvalue weighted by Gasteiger charge is -2.05. The number of allylic oxidation sites excluding steroid dienone is 1. The van der Waals surface area contributed by atoms with E-state index in [4.69, 9.17) is 23.2 Å². The second kappa shape index (κ2) is 7.26. The van der Waals surface area contributed by atoms with Crippen molar-refractivity contribution in [3.05, 3.63) is 80.0 Å². The molecule has 0 fully saturated rings. The maximum Gasteiger partial charge on any atom is 0.271 e. The molecule has 1 N–H and O–H groups in total. The molecule has 2 rings (SSSR count). The van der Waals surface area contributed by atoms with Gasteiger partial charge in [-0.25, -0.2) is 0 Å². The van der Waals surface area contributed by atoms with Crippen molar-refractivity contribution in [1.29, 1.82) is 0 Å². The first-order valence-corrected chi connectivity index (χ1v) is 7.31. The van der Waals surface area contributed by atoms with E-state index >= 15 is 0 Å². The van der Waals surface area contributed by atoms with E-state index < -0.39 is 4.92 Å². The van der Waals surface area contributed by atoms with E-state index in [0.717, 1.165) is 5.56 Å². The minimum Gasteiger partial charge on any atom is -0.361 e. The van der Waals surface area contributed by atoms with Gasteiger partial charge in [0.15, 0.2) is 5.78 Å². The van der Waals surface area contributed by atoms with Crippen LogP contribution in [0, 0.1) is 17.0 Å². The average Bonchev–Trinajstić information content (AvgIpc) is 2.51. The van der Waals surface area contributed by atoms with Crippen LogP contribution in [0.3, 0.4) is 0 Å². The van der Waals surface area contributed by atoms with Crippen molar-refractivity contribution in [2.75, 3.05) is 5.32 Å². The SMILES string of the molecule is Cc1ccc([N+](=O)[O-])cc1N/C=C/C(=O)c1ccc(Cl)c(Cl)c1. The monoisotopic (exact) mass is 350 g/mol. The number of carbonyl (C=O) groups is 1. The van der Waals surface area contributed by atoms with E-state index in [0.29, 0.717) is 21.3 Å². The van der Waals surface area contributed by atoms with Gasteiger partial charge in [0.1, 0.15) is 0 Å². The van der Waals surface area contributed by atoms with Crippen LogP contribution in [0.2, 0.25) is 10.0 Å². The van der Waals surface area contributed by atoms with Crippen LogP contribution in [0.25, 0.3) is 0 Å². The fraction of sp³-hybridized carbons (Fsp3) is 0.0625. The number of benzene rings is 2. The first kappa shape index (κ1) is 17.0. The standard InChI is InChI=1S/C16H12Cl2N2O3/c1-10-2-4-12(20(22)23)9-15(10)19-7-6-16(21)11-3-5-13(17)14(18)8-11/h2-9,19H,1H3/b7-6+. The topological polar surface area (TPSA) is 72.2 Å². The number of halogens is 2. The lowest BCUT2D eigenvalue weighted by atomic mass is 10.1. The zero-order valence-electron chi connectivity index (χ0n) is 12.0. The summed E-state index contributed by atoms with van der Waals surface area (Å²) in [6.45, 7) is 1.81. The molecule has 2 aromatic rings. The summed E-state index contributed by atoms with van der Waals surface area (Å²) in [5.41, 5.74) is 1.75. The molecule has 0 saturated heterocycles. The highest BCUT2D eigenvalue weighted by atomic mass is 35.5. The summed E-state index contributed by atoms with van der Waals surface area (Å²) in [6.07, 6.45) is 2.74. The van der Waals surface area contributed by atoms with Crippen LogP contribution >= 0.6 is 23.2 Å². The summed E-state index contributed by atoms with van der Waals surface area (Å²) in [5.74, 6) is -0.265. The Balaban J connectivity index is 2.12. The van der Waals surface area contributed by atoms with E-state index in [-0.39, 0.29) is 11.5 Å². The number of carbonyl (C=O) groups excluding carboxylic acids is 1. The molecule has 0 atom stereocenters. The Labute approximate surface area is 142 Å². The maximum absolute atomic E-state index is 12.0. The summed E-state index contributed by atoms with van der Waals surface area (Å²) >= 11 is 11.7. The molecule has 5 nitrogen and oxygen atoms in total. The Morgan fingerprint density at radius 2 is 1.91 bits per heavy atom. The van der Waals surface area contributed by atoms with Gasteiger partial charge in [-0.05, 0) is 30.7 Å². The molecule has 2 aromatic carbocycles. The number of anilines is 1. The van der Waals surface area contributed by atoms with Crippen LogP contribution in [0.5, 0.6) is 0 Å². The third-order valence-electron chi connectivity index (χ3n) is 3.11. The van der Waals surface area contributed by atoms with Crippen LogP contribution in [0.15, 0.2) is 48.7 Å². The van der Waals surface area contributed by atoms with E-state index in [2.05, 4.69) is 5.32 Å². The van der Waals surface area contributed by atoms with Gasteiger partial charge in [0.2, 0.25) is 0 Å². The van der Waals surface area contributed by atoms with Gasteiger partial charge in [-0.1, -0.05) is 29.3 Å². The van der Waals surface area contributed by atoms with Crippen molar-refractivity contribution < 1.29 is 9.72 Å². The molecule has 0 aromatic heterocycles. The molecule has 0 heterocycles. The number of nitrogens with one attached hydrogen (secondary N) is 1. The molecular formula is C16H12Cl2N2O3. The molecule has 0 unspecified atom stereocenters. The number of nitro groups is 1. The molecule has 0 bridgehead atoms. The molecule has 0 saturated carbocycles. The largest absolute Gasteiger partial charge is 0.361 e. The fourth-order valence-corrected chi connectivity index (χ4v) is 2.13. The third kappa shape index (κ3) is 4.31. The number of non-ortho nitro benzene ring substituents is 1. The normalized spacial score (nSPS) is 10.7. The Morgan fingerprint density at radius 1 is 1.17 bits per heavy atom. The van der Waals surface area contributed by atoms with Crippen molar-refractivity contribution in [2.45, 2.75) is 6.92 Å². The molecule has 0 aliphatic carbocycles. The quantitative estimate of drug-likeness (QED) is 0.355. The zero-order valence-corrected chi connectivity index (χ0v) is 13.6. The van der Waals surface area contributed by atoms with Crippen molar-refractivity contribution in [3.8, 4) is 0 Å². The maximum atomic E-state index is 12.0. The Hall–Kier alpha value is -2.37. The van der Waals surface area contributed by atoms with Crippen LogP contribution in [-0.4, -0.2) is 10.7 Å². The highest BCUT2D eigenvalue weighted by molar-refractivity contribution is 6.42. The lowest BCUT2D eigenvalue weighted by molar-refractivity contribution is -0.384. The van der Waals surface area contributed by atoms with Crippen LogP contribution in [0.4, 0.5) is 11.4 Å². The minimum absolute atomic E-state index is 0.0256. The smallest absolute Gasteiger partial charge is 0.271 e. The van der Waals surface area contributed by atoms with Gasteiger partial charge in [0.05, 0.1) is 15.0 Å². The van der Waals surface area contributed by atoms with Crippen LogP contribution < -0.4 is 5.32 Å². The van der Waals surface area contributed by atoms with Crippen LogP contribution in [0.1, 0.15) is 15.9 Å². The number of hydrogen-bond acceptors (Lipinski definition) is 4. The summed E-state index contributed by atoms with van der Waals surface area (Å²) in [4.78, 5) is 22.3. The first-order valence-electron chi connectivity index (χ1n) is 6.56. The zero-order chi connectivity index (χ0) is 17.0. The second-order valence-corrected chi connectivity index (χ2v) is 5.54. The molecule has 23 heavy (non-hydrogen) atoms. The summed E-state index contributed by atoms with van der Waals surface area (Å²) in [6, 6.07) is 9.06. The van der Waals surface area contributed by atoms with Crippen molar-refractivity contribution in [3.63, 3.8) is 0 Å². The van der Waals surface area contributed by atoms with Gasteiger partial charge in [-0.15, -0.1) is 0 Å². The number of rotatable bonds is 5. The Kier molecular flexibility index (Phi) is 5.36. The van der Waals surface area contributed by atoms with Gasteiger partial charge in [0.25, 0.3) is 5.69 Å². The number of aryl methyl sites for hydroxylation is 1. The highest BCUT2D eigenvalue weighted by Crippen LogP contribution is 2.23. The van der Waals surface area contributed by atoms with E-state index in [1.54, 1.807) is 25.1 Å². The van der Waals surface area contributed by atoms with Crippen molar-refractivity contribution >= 4 is 40.4 Å². The summed E-state index contributed by atoms with van der Waals surface area (Å²) in [7, 11) is 0. The summed E-state index contributed by atoms with van der Waals surface area (Å²) < 4.78 is 0. The number of hydrogen-bond donors (Lipinski definition) is 1. The molecule has 118 valence electrons. The van der Waals surface area contributed by atoms with Gasteiger partial charge in [-0.3, -0.25) is 14.9 Å². The molecule has 0 spiro atoms. The number of ketones is 1. The van der Waals surface area contributed by atoms with E-state index in [1.807, 2.05) is 0 Å². The van der Waals surface area contributed by atoms with Crippen molar-refractivity contribution in [1.82, 2.24) is 0 Å². The highest BCUT2D eigenvalue weighted by Gasteiger charge is 2.08. The molecule has 0 aliphatic rings. The molecule has 7 heteroatoms. The van der Waals surface area contributed by atoms with Gasteiger partial charge >= 0.3 is 0 Å². The summed E-state index contributed by atoms with van der Waals surface area (Å²) in [5, 5.41) is 14.3. The van der Waals surface area contributed by atoms with Crippen molar-refractivity contribution in [2.24, 2.45) is 0 Å². The first-order chi connectivity index (χ1) is 10.9. The van der Waals surface area contributed by atoms with Gasteiger partial charge in [0, 0.05) is 35.7 Å². The van der Waals surface area contributed by atoms with Gasteiger partial charge < -0.3 is 5.32 Å².